The smallest absolute Gasteiger partial charge is 0.318 e. The SMILES string of the molecule is CCOC(=O)[C@]12CCCC=C1N(Cc1cccc3ccccc13)C(=O)[C@H](CC(=O)N1CCN(C(=O)C3CC3)CC1)C2. The minimum atomic E-state index is -0.937. The van der Waals surface area contributed by atoms with Crippen molar-refractivity contribution in [3.8, 4) is 0 Å². The van der Waals surface area contributed by atoms with Crippen molar-refractivity contribution in [3.63, 3.8) is 0 Å². The lowest BCUT2D eigenvalue weighted by molar-refractivity contribution is -0.163. The lowest BCUT2D eigenvalue weighted by Crippen LogP contribution is -2.55. The van der Waals surface area contributed by atoms with Gasteiger partial charge >= 0.3 is 5.97 Å². The number of fused-ring (bicyclic) bond motifs is 2. The van der Waals surface area contributed by atoms with Gasteiger partial charge in [-0.1, -0.05) is 48.5 Å². The molecule has 6 rings (SSSR count). The summed E-state index contributed by atoms with van der Waals surface area (Å²) in [6, 6.07) is 14.2. The summed E-state index contributed by atoms with van der Waals surface area (Å²) in [5, 5.41) is 2.16. The molecule has 0 spiro atoms. The van der Waals surface area contributed by atoms with Crippen molar-refractivity contribution in [3.05, 3.63) is 59.8 Å². The maximum absolute atomic E-state index is 14.2. The molecule has 0 radical (unpaired) electrons. The second-order valence-electron chi connectivity index (χ2n) is 11.9. The number of piperidine rings is 1. The van der Waals surface area contributed by atoms with Crippen molar-refractivity contribution in [1.29, 1.82) is 0 Å². The third kappa shape index (κ3) is 5.24. The molecule has 0 unspecified atom stereocenters. The zero-order chi connectivity index (χ0) is 28.6. The minimum Gasteiger partial charge on any atom is -0.465 e. The summed E-state index contributed by atoms with van der Waals surface area (Å²) in [5.74, 6) is -0.747. The van der Waals surface area contributed by atoms with E-state index in [9.17, 15) is 19.2 Å². The predicted molar refractivity (Wildman–Crippen MR) is 154 cm³/mol. The molecule has 0 N–H and O–H groups in total. The number of likely N-dealkylation sites (tertiary alicyclic amines) is 1. The van der Waals surface area contributed by atoms with Crippen molar-refractivity contribution in [2.45, 2.75) is 58.4 Å². The first-order chi connectivity index (χ1) is 19.9. The van der Waals surface area contributed by atoms with Gasteiger partial charge in [-0.25, -0.2) is 0 Å². The fourth-order valence-electron chi connectivity index (χ4n) is 6.98. The van der Waals surface area contributed by atoms with Gasteiger partial charge in [0.1, 0.15) is 5.41 Å². The van der Waals surface area contributed by atoms with Crippen LogP contribution in [0.15, 0.2) is 54.2 Å². The van der Waals surface area contributed by atoms with Crippen LogP contribution >= 0.6 is 0 Å². The van der Waals surface area contributed by atoms with Crippen LogP contribution in [0.5, 0.6) is 0 Å². The molecule has 0 aromatic heterocycles. The third-order valence-electron chi connectivity index (χ3n) is 9.30. The van der Waals surface area contributed by atoms with Crippen LogP contribution in [0.3, 0.4) is 0 Å². The Morgan fingerprint density at radius 1 is 0.976 bits per heavy atom. The molecule has 2 atom stereocenters. The normalized spacial score (nSPS) is 24.6. The highest BCUT2D eigenvalue weighted by Crippen LogP contribution is 2.50. The number of ether oxygens (including phenoxy) is 1. The van der Waals surface area contributed by atoms with Crippen LogP contribution in [-0.2, 0) is 30.5 Å². The average molecular weight is 558 g/mol. The Morgan fingerprint density at radius 2 is 1.71 bits per heavy atom. The Bertz CT molecular complexity index is 1390. The van der Waals surface area contributed by atoms with E-state index in [2.05, 4.69) is 18.2 Å². The molecule has 0 bridgehead atoms. The Labute approximate surface area is 241 Å². The van der Waals surface area contributed by atoms with E-state index in [1.165, 1.54) is 0 Å². The number of piperazine rings is 1. The van der Waals surface area contributed by atoms with Gasteiger partial charge in [0.15, 0.2) is 0 Å². The minimum absolute atomic E-state index is 0.0515. The molecule has 2 aliphatic carbocycles. The summed E-state index contributed by atoms with van der Waals surface area (Å²) in [5.41, 5.74) is 0.799. The summed E-state index contributed by atoms with van der Waals surface area (Å²) < 4.78 is 5.62. The van der Waals surface area contributed by atoms with Gasteiger partial charge in [-0.05, 0) is 61.8 Å². The summed E-state index contributed by atoms with van der Waals surface area (Å²) in [7, 11) is 0. The van der Waals surface area contributed by atoms with Gasteiger partial charge in [0.2, 0.25) is 17.7 Å². The molecule has 8 heteroatoms. The molecule has 3 amide bonds. The molecule has 2 aliphatic heterocycles. The van der Waals surface area contributed by atoms with Crippen molar-refractivity contribution >= 4 is 34.5 Å². The molecule has 2 heterocycles. The number of hydrogen-bond donors (Lipinski definition) is 0. The molecule has 41 heavy (non-hydrogen) atoms. The van der Waals surface area contributed by atoms with Crippen molar-refractivity contribution in [2.75, 3.05) is 32.8 Å². The highest BCUT2D eigenvalue weighted by Gasteiger charge is 2.54. The van der Waals surface area contributed by atoms with E-state index in [4.69, 9.17) is 4.74 Å². The monoisotopic (exact) mass is 557 g/mol. The van der Waals surface area contributed by atoms with E-state index in [0.29, 0.717) is 39.1 Å². The van der Waals surface area contributed by atoms with Crippen LogP contribution in [0.25, 0.3) is 10.8 Å². The van der Waals surface area contributed by atoms with Crippen LogP contribution in [0, 0.1) is 17.3 Å². The standard InChI is InChI=1S/C33H39N3O5/c1-2-41-32(40)33-15-6-5-12-28(33)36(22-25-10-7-9-23-8-3-4-11-27(23)25)31(39)26(21-33)20-29(37)34-16-18-35(19-17-34)30(38)24-13-14-24/h3-4,7-12,24,26H,2,5-6,13-22H2,1H3/t26-,33+/m1/s1. The van der Waals surface area contributed by atoms with Crippen molar-refractivity contribution < 1.29 is 23.9 Å². The lowest BCUT2D eigenvalue weighted by Gasteiger charge is -2.48. The number of benzene rings is 2. The highest BCUT2D eigenvalue weighted by molar-refractivity contribution is 5.93. The van der Waals surface area contributed by atoms with Crippen molar-refractivity contribution in [2.24, 2.45) is 17.3 Å². The van der Waals surface area contributed by atoms with E-state index in [-0.39, 0.29) is 49.1 Å². The number of carbonyl (C=O) groups is 4. The zero-order valence-corrected chi connectivity index (χ0v) is 23.8. The van der Waals surface area contributed by atoms with Crippen LogP contribution in [0.2, 0.25) is 0 Å². The molecule has 2 aromatic carbocycles. The van der Waals surface area contributed by atoms with Gasteiger partial charge in [-0.15, -0.1) is 0 Å². The maximum atomic E-state index is 14.2. The molecular weight excluding hydrogens is 518 g/mol. The number of rotatable bonds is 7. The number of nitrogens with zero attached hydrogens (tertiary/aromatic N) is 3. The van der Waals surface area contributed by atoms with E-state index < -0.39 is 11.3 Å². The van der Waals surface area contributed by atoms with Gasteiger partial charge in [0.05, 0.1) is 13.2 Å². The average Bonchev–Trinajstić information content (AvgIpc) is 3.85. The molecule has 2 aromatic rings. The Hall–Kier alpha value is -3.68. The molecule has 2 saturated heterocycles. The predicted octanol–water partition coefficient (Wildman–Crippen LogP) is 4.28. The van der Waals surface area contributed by atoms with E-state index >= 15 is 0 Å². The summed E-state index contributed by atoms with van der Waals surface area (Å²) in [6.07, 6.45) is 6.54. The topological polar surface area (TPSA) is 87.2 Å². The number of allylic oxidation sites excluding steroid dienone is 1. The second-order valence-corrected chi connectivity index (χ2v) is 11.9. The van der Waals surface area contributed by atoms with Gasteiger partial charge in [-0.2, -0.15) is 0 Å². The van der Waals surface area contributed by atoms with Crippen molar-refractivity contribution in [1.82, 2.24) is 14.7 Å². The number of hydrogen-bond acceptors (Lipinski definition) is 5. The first-order valence-electron chi connectivity index (χ1n) is 15.1. The Balaban J connectivity index is 1.26. The first kappa shape index (κ1) is 27.5. The van der Waals surface area contributed by atoms with Crippen LogP contribution in [0.1, 0.15) is 57.4 Å². The summed E-state index contributed by atoms with van der Waals surface area (Å²) in [4.78, 5) is 59.3. The summed E-state index contributed by atoms with van der Waals surface area (Å²) in [6.45, 7) is 4.42. The number of carbonyl (C=O) groups excluding carboxylic acids is 4. The van der Waals surface area contributed by atoms with E-state index in [1.54, 1.807) is 16.7 Å². The fraction of sp³-hybridized carbons (Fsp3) is 0.515. The maximum Gasteiger partial charge on any atom is 0.318 e. The molecule has 3 fully saturated rings. The van der Waals surface area contributed by atoms with E-state index in [0.717, 1.165) is 47.7 Å². The molecular formula is C33H39N3O5. The van der Waals surface area contributed by atoms with Gasteiger partial charge in [0, 0.05) is 50.1 Å². The molecule has 216 valence electrons. The number of esters is 1. The quantitative estimate of drug-likeness (QED) is 0.475. The molecule has 8 nitrogen and oxygen atoms in total. The Morgan fingerprint density at radius 3 is 2.46 bits per heavy atom. The van der Waals surface area contributed by atoms with Crippen LogP contribution < -0.4 is 0 Å². The molecule has 4 aliphatic rings. The third-order valence-corrected chi connectivity index (χ3v) is 9.30. The van der Waals surface area contributed by atoms with E-state index in [1.807, 2.05) is 35.2 Å². The van der Waals surface area contributed by atoms with Crippen LogP contribution in [-0.4, -0.2) is 71.2 Å². The molecule has 1 saturated carbocycles. The number of amides is 3. The first-order valence-corrected chi connectivity index (χ1v) is 15.1. The second kappa shape index (κ2) is 11.3. The lowest BCUT2D eigenvalue weighted by atomic mass is 9.66. The summed E-state index contributed by atoms with van der Waals surface area (Å²) >= 11 is 0. The zero-order valence-electron chi connectivity index (χ0n) is 23.8. The Kier molecular flexibility index (Phi) is 7.58. The van der Waals surface area contributed by atoms with Gasteiger partial charge in [-0.3, -0.25) is 19.2 Å². The van der Waals surface area contributed by atoms with Crippen LogP contribution in [0.4, 0.5) is 0 Å². The highest BCUT2D eigenvalue weighted by atomic mass is 16.5. The fourth-order valence-corrected chi connectivity index (χ4v) is 6.98. The largest absolute Gasteiger partial charge is 0.465 e. The van der Waals surface area contributed by atoms with Gasteiger partial charge < -0.3 is 19.4 Å². The van der Waals surface area contributed by atoms with Gasteiger partial charge in [0.25, 0.3) is 0 Å².